The Labute approximate surface area is 163 Å². The number of benzene rings is 2. The highest BCUT2D eigenvalue weighted by Crippen LogP contribution is 2.27. The smallest absolute Gasteiger partial charge is 0.337 e. The number of H-pyrrole nitrogens is 1. The van der Waals surface area contributed by atoms with E-state index < -0.39 is 0 Å². The molecule has 6 heteroatoms. The lowest BCUT2D eigenvalue weighted by Gasteiger charge is -2.10. The van der Waals surface area contributed by atoms with Gasteiger partial charge in [0.05, 0.1) is 35.5 Å². The monoisotopic (exact) mass is 376 g/mol. The first-order valence-electron chi connectivity index (χ1n) is 9.28. The third-order valence-corrected chi connectivity index (χ3v) is 5.11. The van der Waals surface area contributed by atoms with Crippen molar-refractivity contribution < 1.29 is 9.53 Å². The molecule has 0 bridgehead atoms. The summed E-state index contributed by atoms with van der Waals surface area (Å²) in [7, 11) is 7.53. The summed E-state index contributed by atoms with van der Waals surface area (Å²) < 4.78 is 7.05. The number of nitrogens with zero attached hydrogens (tertiary/aromatic N) is 3. The molecule has 2 aromatic heterocycles. The van der Waals surface area contributed by atoms with Gasteiger partial charge in [-0.1, -0.05) is 18.2 Å². The second kappa shape index (κ2) is 7.13. The van der Waals surface area contributed by atoms with Gasteiger partial charge in [0.1, 0.15) is 5.65 Å². The number of methoxy groups -OCH3 is 1. The molecule has 0 atom stereocenters. The second-order valence-electron chi connectivity index (χ2n) is 7.21. The number of carbonyl (C=O) groups excluding carboxylic acids is 1. The lowest BCUT2D eigenvalue weighted by Crippen LogP contribution is -2.18. The van der Waals surface area contributed by atoms with Crippen LogP contribution in [0.5, 0.6) is 0 Å². The van der Waals surface area contributed by atoms with Crippen molar-refractivity contribution >= 4 is 38.8 Å². The van der Waals surface area contributed by atoms with E-state index in [0.29, 0.717) is 12.1 Å². The molecule has 2 heterocycles. The van der Waals surface area contributed by atoms with E-state index in [2.05, 4.69) is 26.6 Å². The summed E-state index contributed by atoms with van der Waals surface area (Å²) in [6.45, 7) is 1.57. The van der Waals surface area contributed by atoms with Gasteiger partial charge in [-0.2, -0.15) is 0 Å². The summed E-state index contributed by atoms with van der Waals surface area (Å²) in [6.07, 6.45) is 0. The molecule has 0 fully saturated rings. The molecular formula is C22H24N4O2. The molecule has 1 N–H and O–H groups in total. The summed E-state index contributed by atoms with van der Waals surface area (Å²) in [4.78, 5) is 22.7. The molecule has 0 saturated heterocycles. The molecule has 0 saturated carbocycles. The quantitative estimate of drug-likeness (QED) is 0.557. The second-order valence-corrected chi connectivity index (χ2v) is 7.21. The Balaban J connectivity index is 2.13. The van der Waals surface area contributed by atoms with Crippen LogP contribution in [0.4, 0.5) is 0 Å². The van der Waals surface area contributed by atoms with Crippen LogP contribution in [0.3, 0.4) is 0 Å². The molecule has 28 heavy (non-hydrogen) atoms. The standard InChI is InChI=1S/C22H24N4O2/c1-25(2)12-11-23-20-15-7-5-6-8-18(15)26(3)21-19(20)16-13-14(22(27)28-4)9-10-17(16)24-21/h5-10,13,24H,11-12H2,1-4H3. The minimum Gasteiger partial charge on any atom is -0.465 e. The Morgan fingerprint density at radius 1 is 1.18 bits per heavy atom. The fourth-order valence-electron chi connectivity index (χ4n) is 3.66. The average molecular weight is 376 g/mol. The van der Waals surface area contributed by atoms with Crippen LogP contribution in [-0.4, -0.2) is 54.7 Å². The number of ether oxygens (including phenoxy) is 1. The molecular weight excluding hydrogens is 352 g/mol. The number of hydrogen-bond donors (Lipinski definition) is 1. The van der Waals surface area contributed by atoms with Gasteiger partial charge in [0.15, 0.2) is 0 Å². The van der Waals surface area contributed by atoms with Gasteiger partial charge in [-0.15, -0.1) is 0 Å². The predicted molar refractivity (Wildman–Crippen MR) is 113 cm³/mol. The van der Waals surface area contributed by atoms with E-state index in [1.165, 1.54) is 7.11 Å². The van der Waals surface area contributed by atoms with Gasteiger partial charge in [-0.3, -0.25) is 4.99 Å². The Morgan fingerprint density at radius 2 is 1.96 bits per heavy atom. The van der Waals surface area contributed by atoms with Crippen molar-refractivity contribution in [1.82, 2.24) is 14.5 Å². The number of hydrogen-bond acceptors (Lipinski definition) is 4. The zero-order chi connectivity index (χ0) is 19.8. The number of aryl methyl sites for hydroxylation is 1. The summed E-state index contributed by atoms with van der Waals surface area (Å²) in [6, 6.07) is 13.9. The zero-order valence-electron chi connectivity index (χ0n) is 16.6. The van der Waals surface area contributed by atoms with E-state index in [9.17, 15) is 4.79 Å². The first-order chi connectivity index (χ1) is 13.5. The first kappa shape index (κ1) is 18.3. The van der Waals surface area contributed by atoms with Gasteiger partial charge in [-0.05, 0) is 38.4 Å². The molecule has 4 rings (SSSR count). The van der Waals surface area contributed by atoms with Crippen molar-refractivity contribution in [2.75, 3.05) is 34.3 Å². The van der Waals surface area contributed by atoms with Crippen molar-refractivity contribution in [2.24, 2.45) is 12.0 Å². The van der Waals surface area contributed by atoms with Gasteiger partial charge in [0.25, 0.3) is 0 Å². The number of pyridine rings is 1. The van der Waals surface area contributed by atoms with Crippen molar-refractivity contribution in [3.63, 3.8) is 0 Å². The van der Waals surface area contributed by atoms with Crippen molar-refractivity contribution in [1.29, 1.82) is 0 Å². The van der Waals surface area contributed by atoms with E-state index in [1.54, 1.807) is 6.07 Å². The maximum absolute atomic E-state index is 12.1. The average Bonchev–Trinajstić information content (AvgIpc) is 3.08. The lowest BCUT2D eigenvalue weighted by molar-refractivity contribution is 0.0601. The largest absolute Gasteiger partial charge is 0.465 e. The fourth-order valence-corrected chi connectivity index (χ4v) is 3.66. The highest BCUT2D eigenvalue weighted by Gasteiger charge is 2.15. The third-order valence-electron chi connectivity index (χ3n) is 5.11. The fraction of sp³-hybridized carbons (Fsp3) is 0.273. The number of likely N-dealkylation sites (N-methyl/N-ethyl adjacent to an activating group) is 1. The molecule has 4 aromatic rings. The maximum Gasteiger partial charge on any atom is 0.337 e. The number of fused-ring (bicyclic) bond motifs is 4. The Hall–Kier alpha value is -3.12. The SMILES string of the molecule is COC(=O)c1ccc2[nH]c3c(c(=NCCN(C)C)c4ccccc4n3C)c2c1. The number of rotatable bonds is 4. The predicted octanol–water partition coefficient (Wildman–Crippen LogP) is 3.06. The molecule has 0 radical (unpaired) electrons. The van der Waals surface area contributed by atoms with Gasteiger partial charge in [-0.25, -0.2) is 4.79 Å². The third kappa shape index (κ3) is 2.96. The molecule has 0 unspecified atom stereocenters. The lowest BCUT2D eigenvalue weighted by atomic mass is 10.1. The molecule has 0 aliphatic rings. The van der Waals surface area contributed by atoms with Crippen LogP contribution in [0.1, 0.15) is 10.4 Å². The van der Waals surface area contributed by atoms with Crippen molar-refractivity contribution in [2.45, 2.75) is 0 Å². The van der Waals surface area contributed by atoms with E-state index >= 15 is 0 Å². The molecule has 6 nitrogen and oxygen atoms in total. The van der Waals surface area contributed by atoms with Gasteiger partial charge in [0, 0.05) is 29.9 Å². The van der Waals surface area contributed by atoms with E-state index in [-0.39, 0.29) is 5.97 Å². The van der Waals surface area contributed by atoms with Crippen LogP contribution < -0.4 is 5.36 Å². The van der Waals surface area contributed by atoms with Crippen LogP contribution in [0.2, 0.25) is 0 Å². The summed E-state index contributed by atoms with van der Waals surface area (Å²) in [5, 5.41) is 4.06. The Kier molecular flexibility index (Phi) is 4.65. The number of esters is 1. The number of aromatic nitrogens is 2. The zero-order valence-corrected chi connectivity index (χ0v) is 16.6. The molecule has 0 amide bonds. The minimum atomic E-state index is -0.340. The van der Waals surface area contributed by atoms with Crippen molar-refractivity contribution in [3.8, 4) is 0 Å². The van der Waals surface area contributed by atoms with E-state index in [4.69, 9.17) is 9.73 Å². The molecule has 0 aliphatic heterocycles. The number of nitrogens with one attached hydrogen (secondary N) is 1. The van der Waals surface area contributed by atoms with Crippen LogP contribution >= 0.6 is 0 Å². The molecule has 2 aromatic carbocycles. The van der Waals surface area contributed by atoms with Crippen LogP contribution in [0.25, 0.3) is 32.8 Å². The number of para-hydroxylation sites is 1. The Bertz CT molecular complexity index is 1260. The topological polar surface area (TPSA) is 62.6 Å². The van der Waals surface area contributed by atoms with E-state index in [0.717, 1.165) is 44.7 Å². The van der Waals surface area contributed by atoms with Gasteiger partial charge in [0.2, 0.25) is 0 Å². The number of aromatic amines is 1. The Morgan fingerprint density at radius 3 is 2.71 bits per heavy atom. The molecule has 0 spiro atoms. The van der Waals surface area contributed by atoms with Crippen LogP contribution in [0.15, 0.2) is 47.5 Å². The van der Waals surface area contributed by atoms with Gasteiger partial charge < -0.3 is 19.2 Å². The van der Waals surface area contributed by atoms with Gasteiger partial charge >= 0.3 is 5.97 Å². The van der Waals surface area contributed by atoms with Crippen molar-refractivity contribution in [3.05, 3.63) is 53.4 Å². The highest BCUT2D eigenvalue weighted by molar-refractivity contribution is 6.11. The van der Waals surface area contributed by atoms with Crippen LogP contribution in [-0.2, 0) is 11.8 Å². The maximum atomic E-state index is 12.1. The summed E-state index contributed by atoms with van der Waals surface area (Å²) in [5.41, 5.74) is 3.60. The normalized spacial score (nSPS) is 12.5. The molecule has 144 valence electrons. The summed E-state index contributed by atoms with van der Waals surface area (Å²) >= 11 is 0. The number of carbonyl (C=O) groups is 1. The minimum absolute atomic E-state index is 0.340. The highest BCUT2D eigenvalue weighted by atomic mass is 16.5. The summed E-state index contributed by atoms with van der Waals surface area (Å²) in [5.74, 6) is -0.340. The van der Waals surface area contributed by atoms with Crippen LogP contribution in [0, 0.1) is 0 Å². The first-order valence-corrected chi connectivity index (χ1v) is 9.28. The molecule has 0 aliphatic carbocycles. The van der Waals surface area contributed by atoms with E-state index in [1.807, 2.05) is 45.4 Å².